The molecule has 1 amide bonds. The molecule has 7 nitrogen and oxygen atoms in total. The lowest BCUT2D eigenvalue weighted by molar-refractivity contribution is -0.119. The van der Waals surface area contributed by atoms with Crippen molar-refractivity contribution in [2.45, 2.75) is 6.92 Å². The molecule has 9 heteroatoms. The third-order valence-electron chi connectivity index (χ3n) is 3.43. The molecule has 2 N–H and O–H groups in total. The van der Waals surface area contributed by atoms with Crippen molar-refractivity contribution in [3.63, 3.8) is 0 Å². The average Bonchev–Trinajstić information content (AvgIpc) is 2.57. The maximum Gasteiger partial charge on any atom is 0.260 e. The number of rotatable bonds is 6. The summed E-state index contributed by atoms with van der Waals surface area (Å²) in [7, 11) is -3.66. The number of hydrazone groups is 1. The van der Waals surface area contributed by atoms with Crippen LogP contribution < -0.4 is 9.73 Å². The van der Waals surface area contributed by atoms with Gasteiger partial charge in [0.05, 0.1) is 17.7 Å². The second kappa shape index (κ2) is 8.33. The number of phenolic OH excluding ortho intramolecular Hbond substituents is 1. The number of carbonyl (C=O) groups excluding carboxylic acids is 1. The Bertz CT molecular complexity index is 945. The number of amides is 1. The van der Waals surface area contributed by atoms with Crippen molar-refractivity contribution in [2.24, 2.45) is 5.10 Å². The van der Waals surface area contributed by atoms with E-state index in [2.05, 4.69) is 26.5 Å². The summed E-state index contributed by atoms with van der Waals surface area (Å²) in [6.07, 6.45) is 1.03. The van der Waals surface area contributed by atoms with Gasteiger partial charge >= 0.3 is 0 Å². The van der Waals surface area contributed by atoms with Crippen LogP contribution in [0.25, 0.3) is 0 Å². The van der Waals surface area contributed by atoms with E-state index in [1.165, 1.54) is 6.07 Å². The van der Waals surface area contributed by atoms with E-state index in [-0.39, 0.29) is 5.75 Å². The summed E-state index contributed by atoms with van der Waals surface area (Å²) < 4.78 is 25.8. The van der Waals surface area contributed by atoms with Crippen molar-refractivity contribution in [2.75, 3.05) is 17.1 Å². The van der Waals surface area contributed by atoms with Crippen molar-refractivity contribution in [3.05, 3.63) is 58.6 Å². The highest BCUT2D eigenvalue weighted by Crippen LogP contribution is 2.22. The largest absolute Gasteiger partial charge is 0.507 e. The summed E-state index contributed by atoms with van der Waals surface area (Å²) in [5.41, 5.74) is 3.54. The van der Waals surface area contributed by atoms with Gasteiger partial charge in [-0.3, -0.25) is 9.10 Å². The van der Waals surface area contributed by atoms with Gasteiger partial charge in [-0.25, -0.2) is 13.8 Å². The van der Waals surface area contributed by atoms with E-state index in [0.29, 0.717) is 21.4 Å². The average molecular weight is 440 g/mol. The normalized spacial score (nSPS) is 11.9. The zero-order valence-corrected chi connectivity index (χ0v) is 16.6. The molecule has 0 aromatic heterocycles. The van der Waals surface area contributed by atoms with Gasteiger partial charge in [-0.15, -0.1) is 0 Å². The smallest absolute Gasteiger partial charge is 0.260 e. The lowest BCUT2D eigenvalue weighted by Gasteiger charge is -2.21. The van der Waals surface area contributed by atoms with E-state index >= 15 is 0 Å². The molecule has 26 heavy (non-hydrogen) atoms. The van der Waals surface area contributed by atoms with Crippen molar-refractivity contribution < 1.29 is 18.3 Å². The molecule has 0 aliphatic rings. The summed E-state index contributed by atoms with van der Waals surface area (Å²) in [5, 5.41) is 13.7. The highest BCUT2D eigenvalue weighted by atomic mass is 79.9. The summed E-state index contributed by atoms with van der Waals surface area (Å²) in [5.74, 6) is -0.569. The minimum absolute atomic E-state index is 0.0369. The Morgan fingerprint density at radius 1 is 1.23 bits per heavy atom. The van der Waals surface area contributed by atoms with Crippen LogP contribution in [0.5, 0.6) is 5.75 Å². The first-order chi connectivity index (χ1) is 12.2. The van der Waals surface area contributed by atoms with E-state index in [4.69, 9.17) is 0 Å². The van der Waals surface area contributed by atoms with Crippen LogP contribution in [0.3, 0.4) is 0 Å². The van der Waals surface area contributed by atoms with Crippen LogP contribution in [0.2, 0.25) is 0 Å². The van der Waals surface area contributed by atoms with Gasteiger partial charge in [-0.1, -0.05) is 34.1 Å². The Labute approximate surface area is 160 Å². The number of halogens is 1. The molecule has 0 saturated heterocycles. The number of anilines is 1. The number of hydrogen-bond acceptors (Lipinski definition) is 5. The zero-order chi connectivity index (χ0) is 19.3. The van der Waals surface area contributed by atoms with Crippen LogP contribution in [0.1, 0.15) is 12.5 Å². The Hall–Kier alpha value is -2.39. The predicted molar refractivity (Wildman–Crippen MR) is 105 cm³/mol. The summed E-state index contributed by atoms with van der Waals surface area (Å²) in [6, 6.07) is 13.2. The van der Waals surface area contributed by atoms with Crippen LogP contribution in [0.15, 0.2) is 58.1 Å². The van der Waals surface area contributed by atoms with Crippen LogP contribution in [0.4, 0.5) is 5.69 Å². The van der Waals surface area contributed by atoms with E-state index in [0.717, 1.165) is 10.6 Å². The molecule has 0 heterocycles. The third-order valence-corrected chi connectivity index (χ3v) is 5.06. The van der Waals surface area contributed by atoms with Crippen molar-refractivity contribution >= 4 is 43.3 Å². The fourth-order valence-electron chi connectivity index (χ4n) is 2.18. The molecule has 0 atom stereocenters. The zero-order valence-electron chi connectivity index (χ0n) is 14.2. The maximum atomic E-state index is 12.2. The molecule has 0 fully saturated rings. The van der Waals surface area contributed by atoms with Crippen LogP contribution in [-0.4, -0.2) is 37.9 Å². The Balaban J connectivity index is 2.16. The molecule has 0 radical (unpaired) electrons. The summed E-state index contributed by atoms with van der Waals surface area (Å²) in [4.78, 5) is 12.2. The van der Waals surface area contributed by atoms with Crippen LogP contribution in [0, 0.1) is 0 Å². The monoisotopic (exact) mass is 439 g/mol. The fourth-order valence-corrected chi connectivity index (χ4v) is 3.42. The van der Waals surface area contributed by atoms with Gasteiger partial charge in [0, 0.05) is 10.0 Å². The number of nitrogens with one attached hydrogen (secondary N) is 1. The van der Waals surface area contributed by atoms with E-state index in [1.807, 2.05) is 0 Å². The topological polar surface area (TPSA) is 99.1 Å². The molecule has 0 bridgehead atoms. The second-order valence-corrected chi connectivity index (χ2v) is 8.32. The first-order valence-corrected chi connectivity index (χ1v) is 10.2. The lowest BCUT2D eigenvalue weighted by atomic mass is 10.1. The first kappa shape index (κ1) is 19.9. The fraction of sp³-hybridized carbons (Fsp3) is 0.176. The van der Waals surface area contributed by atoms with Crippen molar-refractivity contribution in [1.82, 2.24) is 5.43 Å². The number of carbonyl (C=O) groups is 1. The standard InChI is InChI=1S/C17H18BrN3O4S/c1-12(15-8-3-4-9-16(15)22)19-20-17(23)11-21(26(2,24)25)14-7-5-6-13(18)10-14/h3-10,22H,11H2,1-2H3,(H,20,23)/b19-12+. The predicted octanol–water partition coefficient (Wildman–Crippen LogP) is 2.46. The van der Waals surface area contributed by atoms with Gasteiger partial charge in [0.25, 0.3) is 5.91 Å². The summed E-state index contributed by atoms with van der Waals surface area (Å²) in [6.45, 7) is 1.20. The minimum Gasteiger partial charge on any atom is -0.507 e. The lowest BCUT2D eigenvalue weighted by Crippen LogP contribution is -2.39. The Kier molecular flexibility index (Phi) is 6.38. The molecule has 0 saturated carbocycles. The highest BCUT2D eigenvalue weighted by Gasteiger charge is 2.21. The van der Waals surface area contributed by atoms with E-state index < -0.39 is 22.5 Å². The van der Waals surface area contributed by atoms with Gasteiger partial charge < -0.3 is 5.11 Å². The Morgan fingerprint density at radius 2 is 1.92 bits per heavy atom. The second-order valence-electron chi connectivity index (χ2n) is 5.50. The number of phenols is 1. The highest BCUT2D eigenvalue weighted by molar-refractivity contribution is 9.10. The Morgan fingerprint density at radius 3 is 2.54 bits per heavy atom. The molecule has 0 spiro atoms. The number of aromatic hydroxyl groups is 1. The van der Waals surface area contributed by atoms with E-state index in [9.17, 15) is 18.3 Å². The maximum absolute atomic E-state index is 12.2. The van der Waals surface area contributed by atoms with Gasteiger partial charge in [0.2, 0.25) is 10.0 Å². The van der Waals surface area contributed by atoms with Crippen LogP contribution in [-0.2, 0) is 14.8 Å². The quantitative estimate of drug-likeness (QED) is 0.533. The molecule has 0 unspecified atom stereocenters. The van der Waals surface area contributed by atoms with Crippen molar-refractivity contribution in [1.29, 1.82) is 0 Å². The number of para-hydroxylation sites is 1. The SMILES string of the molecule is C/C(=N\NC(=O)CN(c1cccc(Br)c1)S(C)(=O)=O)c1ccccc1O. The molecule has 0 aliphatic carbocycles. The summed E-state index contributed by atoms with van der Waals surface area (Å²) >= 11 is 3.28. The van der Waals surface area contributed by atoms with E-state index in [1.54, 1.807) is 49.4 Å². The van der Waals surface area contributed by atoms with Gasteiger partial charge in [0.15, 0.2) is 0 Å². The van der Waals surface area contributed by atoms with Gasteiger partial charge in [-0.2, -0.15) is 5.10 Å². The van der Waals surface area contributed by atoms with Gasteiger partial charge in [0.1, 0.15) is 12.3 Å². The number of benzene rings is 2. The number of sulfonamides is 1. The van der Waals surface area contributed by atoms with Crippen LogP contribution >= 0.6 is 15.9 Å². The minimum atomic E-state index is -3.66. The molecule has 138 valence electrons. The van der Waals surface area contributed by atoms with Crippen molar-refractivity contribution in [3.8, 4) is 5.75 Å². The number of hydrogen-bond donors (Lipinski definition) is 2. The van der Waals surface area contributed by atoms with Gasteiger partial charge in [-0.05, 0) is 37.3 Å². The molecule has 2 aromatic carbocycles. The molecular weight excluding hydrogens is 422 g/mol. The molecule has 2 aromatic rings. The molecule has 0 aliphatic heterocycles. The molecule has 2 rings (SSSR count). The molecular formula is C17H18BrN3O4S. The first-order valence-electron chi connectivity index (χ1n) is 7.53. The third kappa shape index (κ3) is 5.30. The number of nitrogens with zero attached hydrogens (tertiary/aromatic N) is 2.